The zero-order valence-electron chi connectivity index (χ0n) is 45.4. The van der Waals surface area contributed by atoms with E-state index in [1.54, 1.807) is 0 Å². The van der Waals surface area contributed by atoms with Gasteiger partial charge in [0.2, 0.25) is 0 Å². The summed E-state index contributed by atoms with van der Waals surface area (Å²) in [5.41, 5.74) is 16.5. The molecule has 0 saturated carbocycles. The van der Waals surface area contributed by atoms with Crippen LogP contribution in [0.2, 0.25) is 0 Å². The molecule has 368 valence electrons. The molecule has 0 unspecified atom stereocenters. The molecule has 0 aromatic heterocycles. The van der Waals surface area contributed by atoms with E-state index in [0.29, 0.717) is 37.4 Å². The first-order valence-electron chi connectivity index (χ1n) is 25.7. The van der Waals surface area contributed by atoms with E-state index in [1.165, 1.54) is 33.4 Å². The Morgan fingerprint density at radius 2 is 0.768 bits per heavy atom. The molecule has 0 radical (unpaired) electrons. The first kappa shape index (κ1) is 52.9. The van der Waals surface area contributed by atoms with Gasteiger partial charge in [0.25, 0.3) is 0 Å². The van der Waals surface area contributed by atoms with Gasteiger partial charge in [-0.25, -0.2) is 0 Å². The number of phenols is 2. The van der Waals surface area contributed by atoms with Crippen molar-refractivity contribution in [3.05, 3.63) is 142 Å². The molecule has 0 saturated heterocycles. The van der Waals surface area contributed by atoms with E-state index in [4.69, 9.17) is 9.47 Å². The van der Waals surface area contributed by atoms with Crippen molar-refractivity contribution in [3.8, 4) is 67.5 Å². The third-order valence-corrected chi connectivity index (χ3v) is 13.1. The number of benzene rings is 6. The van der Waals surface area contributed by atoms with Crippen molar-refractivity contribution in [1.29, 1.82) is 0 Å². The summed E-state index contributed by atoms with van der Waals surface area (Å²) in [6.45, 7) is 38.7. The molecule has 4 nitrogen and oxygen atoms in total. The fraction of sp³-hybridized carbons (Fsp3) is 0.446. The summed E-state index contributed by atoms with van der Waals surface area (Å²) in [6, 6.07) is 34.9. The number of phenolic OH excluding ortho intramolecular Hbond substituents is 2. The Labute approximate surface area is 417 Å². The molecule has 0 spiro atoms. The minimum Gasteiger partial charge on any atom is -0.507 e. The predicted molar refractivity (Wildman–Crippen MR) is 295 cm³/mol. The Kier molecular flexibility index (Phi) is 16.3. The van der Waals surface area contributed by atoms with E-state index in [1.807, 2.05) is 0 Å². The van der Waals surface area contributed by atoms with Crippen LogP contribution in [0.25, 0.3) is 44.5 Å². The van der Waals surface area contributed by atoms with Gasteiger partial charge in [-0.3, -0.25) is 0 Å². The van der Waals surface area contributed by atoms with Crippen LogP contribution in [0.1, 0.15) is 155 Å². The predicted octanol–water partition coefficient (Wildman–Crippen LogP) is 17.7. The molecule has 0 heterocycles. The van der Waals surface area contributed by atoms with E-state index in [-0.39, 0.29) is 27.7 Å². The molecule has 0 aliphatic carbocycles. The lowest BCUT2D eigenvalue weighted by Crippen LogP contribution is -2.12. The van der Waals surface area contributed by atoms with Crippen molar-refractivity contribution in [3.63, 3.8) is 0 Å². The van der Waals surface area contributed by atoms with Crippen LogP contribution in [-0.4, -0.2) is 23.4 Å². The lowest BCUT2D eigenvalue weighted by molar-refractivity contribution is 0.248. The lowest BCUT2D eigenvalue weighted by atomic mass is 9.82. The number of rotatable bonds is 16. The van der Waals surface area contributed by atoms with Gasteiger partial charge < -0.3 is 19.7 Å². The smallest absolute Gasteiger partial charge is 0.131 e. The molecule has 0 bridgehead atoms. The van der Waals surface area contributed by atoms with E-state index < -0.39 is 0 Å². The fourth-order valence-corrected chi connectivity index (χ4v) is 9.42. The Hall–Kier alpha value is -5.48. The number of aryl methyl sites for hydroxylation is 2. The van der Waals surface area contributed by atoms with Gasteiger partial charge in [0.05, 0.1) is 13.2 Å². The van der Waals surface area contributed by atoms with Gasteiger partial charge in [-0.1, -0.05) is 152 Å². The number of hydrogen-bond donors (Lipinski definition) is 2. The molecule has 6 aromatic carbocycles. The number of ether oxygens (including phenoxy) is 2. The second kappa shape index (κ2) is 21.3. The highest BCUT2D eigenvalue weighted by Gasteiger charge is 2.24. The first-order valence-corrected chi connectivity index (χ1v) is 25.7. The third kappa shape index (κ3) is 13.4. The van der Waals surface area contributed by atoms with Crippen molar-refractivity contribution < 1.29 is 19.7 Å². The van der Waals surface area contributed by atoms with Crippen LogP contribution >= 0.6 is 0 Å². The minimum absolute atomic E-state index is 0.0416. The number of hydrogen-bond acceptors (Lipinski definition) is 4. The van der Waals surface area contributed by atoms with Gasteiger partial charge in [0, 0.05) is 39.8 Å². The summed E-state index contributed by atoms with van der Waals surface area (Å²) in [7, 11) is 0. The molecule has 0 atom stereocenters. The van der Waals surface area contributed by atoms with Gasteiger partial charge in [0.1, 0.15) is 23.0 Å². The third-order valence-electron chi connectivity index (χ3n) is 13.1. The Morgan fingerprint density at radius 3 is 1.17 bits per heavy atom. The molecule has 4 heteroatoms. The summed E-state index contributed by atoms with van der Waals surface area (Å²) in [5.74, 6) is 3.48. The number of aromatic hydroxyl groups is 2. The lowest BCUT2D eigenvalue weighted by Gasteiger charge is -2.24. The Morgan fingerprint density at radius 1 is 0.391 bits per heavy atom. The van der Waals surface area contributed by atoms with Crippen LogP contribution in [0.3, 0.4) is 0 Å². The monoisotopic (exact) mass is 929 g/mol. The van der Waals surface area contributed by atoms with Gasteiger partial charge >= 0.3 is 0 Å². The summed E-state index contributed by atoms with van der Waals surface area (Å²) < 4.78 is 13.3. The first-order chi connectivity index (χ1) is 32.2. The maximum Gasteiger partial charge on any atom is 0.131 e. The van der Waals surface area contributed by atoms with Crippen molar-refractivity contribution in [1.82, 2.24) is 0 Å². The van der Waals surface area contributed by atoms with Crippen LogP contribution in [0.4, 0.5) is 0 Å². The normalized spacial score (nSPS) is 12.4. The van der Waals surface area contributed by atoms with Gasteiger partial charge in [-0.2, -0.15) is 0 Å². The molecule has 6 rings (SSSR count). The van der Waals surface area contributed by atoms with E-state index in [2.05, 4.69) is 215 Å². The van der Waals surface area contributed by atoms with Crippen molar-refractivity contribution in [2.45, 2.75) is 160 Å². The molecule has 69 heavy (non-hydrogen) atoms. The molecule has 0 amide bonds. The Balaban J connectivity index is 1.32. The average Bonchev–Trinajstić information content (AvgIpc) is 3.23. The van der Waals surface area contributed by atoms with Crippen molar-refractivity contribution in [2.24, 2.45) is 17.8 Å². The molecular weight excluding hydrogens is 845 g/mol. The van der Waals surface area contributed by atoms with Crippen molar-refractivity contribution in [2.75, 3.05) is 13.2 Å². The second-order valence-corrected chi connectivity index (χ2v) is 24.4. The van der Waals surface area contributed by atoms with Crippen LogP contribution in [0, 0.1) is 31.6 Å². The van der Waals surface area contributed by atoms with Crippen LogP contribution in [-0.2, 0) is 35.5 Å². The molecular formula is C65H84O4. The SMILES string of the molecule is Cc1cc(-c2cc(CC(C)C)cc(C(C)(C)C)c2)c(O)c(-c2cc(CC(C)C)ccc2OCCCOc2ccc(C(C)(C)C)cc2-c2cc(C)cc(-c3cc(CC(C)C)cc(C(C)(C)C)c3)c2O)c1. The van der Waals surface area contributed by atoms with Crippen molar-refractivity contribution >= 4 is 0 Å². The summed E-state index contributed by atoms with van der Waals surface area (Å²) >= 11 is 0. The maximum absolute atomic E-state index is 12.3. The highest BCUT2D eigenvalue weighted by Crippen LogP contribution is 2.47. The summed E-state index contributed by atoms with van der Waals surface area (Å²) in [6.07, 6.45) is 3.49. The van der Waals surface area contributed by atoms with Gasteiger partial charge in [-0.05, 0) is 171 Å². The highest BCUT2D eigenvalue weighted by molar-refractivity contribution is 5.87. The zero-order chi connectivity index (χ0) is 50.7. The average molecular weight is 929 g/mol. The standard InChI is InChI=1S/C65H84O4/c1-40(2)25-45-19-21-59(55(36-45)57-30-43(7)28-53(61(57)66)48-32-46(26-41(3)4)34-51(37-48)64(12,13)14)68-23-18-24-69-60-22-20-50(63(9,10)11)39-56(60)58-31-44(8)29-54(62(58)67)49-33-47(27-42(5)6)35-52(38-49)65(15,16)17/h19-22,28-42,66-67H,18,23-27H2,1-17H3. The Bertz CT molecular complexity index is 2740. The van der Waals surface area contributed by atoms with Crippen LogP contribution < -0.4 is 9.47 Å². The van der Waals surface area contributed by atoms with Crippen LogP contribution in [0.15, 0.2) is 97.1 Å². The molecule has 0 fully saturated rings. The second-order valence-electron chi connectivity index (χ2n) is 24.4. The van der Waals surface area contributed by atoms with E-state index in [0.717, 1.165) is 86.4 Å². The highest BCUT2D eigenvalue weighted by atomic mass is 16.5. The molecule has 0 aliphatic heterocycles. The van der Waals surface area contributed by atoms with Gasteiger partial charge in [0.15, 0.2) is 0 Å². The largest absolute Gasteiger partial charge is 0.507 e. The molecule has 6 aromatic rings. The van der Waals surface area contributed by atoms with E-state index in [9.17, 15) is 10.2 Å². The summed E-state index contributed by atoms with van der Waals surface area (Å²) in [5, 5.41) is 24.7. The van der Waals surface area contributed by atoms with E-state index >= 15 is 0 Å². The zero-order valence-corrected chi connectivity index (χ0v) is 45.4. The molecule has 0 aliphatic rings. The molecule has 2 N–H and O–H groups in total. The van der Waals surface area contributed by atoms with Crippen LogP contribution in [0.5, 0.6) is 23.0 Å². The maximum atomic E-state index is 12.3. The quantitative estimate of drug-likeness (QED) is 0.0950. The minimum atomic E-state index is -0.113. The summed E-state index contributed by atoms with van der Waals surface area (Å²) in [4.78, 5) is 0. The topological polar surface area (TPSA) is 58.9 Å². The fourth-order valence-electron chi connectivity index (χ4n) is 9.42. The van der Waals surface area contributed by atoms with Gasteiger partial charge in [-0.15, -0.1) is 0 Å².